The highest BCUT2D eigenvalue weighted by Gasteiger charge is 2.02. The molecule has 19 heavy (non-hydrogen) atoms. The smallest absolute Gasteiger partial charge is 0.0465 e. The molecule has 1 rings (SSSR count). The van der Waals surface area contributed by atoms with Gasteiger partial charge in [0, 0.05) is 22.6 Å². The van der Waals surface area contributed by atoms with Crippen molar-refractivity contribution in [3.05, 3.63) is 33.8 Å². The molecule has 4 heteroatoms. The van der Waals surface area contributed by atoms with Crippen molar-refractivity contribution in [3.63, 3.8) is 0 Å². The first-order chi connectivity index (χ1) is 9.00. The lowest BCUT2D eigenvalue weighted by Gasteiger charge is -2.20. The first-order valence-electron chi connectivity index (χ1n) is 6.85. The third kappa shape index (κ3) is 6.62. The van der Waals surface area contributed by atoms with Crippen molar-refractivity contribution in [1.29, 1.82) is 0 Å². The van der Waals surface area contributed by atoms with E-state index in [9.17, 15) is 0 Å². The molecule has 0 saturated heterocycles. The second-order valence-electron chi connectivity index (χ2n) is 5.19. The third-order valence-corrected chi connectivity index (χ3v) is 3.91. The molecule has 0 radical (unpaired) electrons. The van der Waals surface area contributed by atoms with Crippen LogP contribution >= 0.6 is 23.2 Å². The van der Waals surface area contributed by atoms with Crippen molar-refractivity contribution in [2.75, 3.05) is 20.1 Å². The molecular weight excluding hydrogens is 279 g/mol. The van der Waals surface area contributed by atoms with Crippen LogP contribution in [0.25, 0.3) is 0 Å². The summed E-state index contributed by atoms with van der Waals surface area (Å²) in [7, 11) is 2.17. The lowest BCUT2D eigenvalue weighted by molar-refractivity contribution is 0.268. The van der Waals surface area contributed by atoms with Gasteiger partial charge in [-0.25, -0.2) is 0 Å². The molecule has 108 valence electrons. The highest BCUT2D eigenvalue weighted by Crippen LogP contribution is 2.20. The molecule has 0 heterocycles. The molecule has 0 saturated carbocycles. The van der Waals surface area contributed by atoms with E-state index in [2.05, 4.69) is 31.1 Å². The topological polar surface area (TPSA) is 15.3 Å². The van der Waals surface area contributed by atoms with E-state index in [-0.39, 0.29) is 0 Å². The standard InChI is InChI=1S/C15H24Cl2N2/c1-12(2)19(3)9-5-4-8-18-11-13-6-7-14(16)10-15(13)17/h6-7,10,12,18H,4-5,8-9,11H2,1-3H3. The van der Waals surface area contributed by atoms with Crippen molar-refractivity contribution in [3.8, 4) is 0 Å². The van der Waals surface area contributed by atoms with E-state index < -0.39 is 0 Å². The van der Waals surface area contributed by atoms with E-state index in [0.717, 1.165) is 30.2 Å². The summed E-state index contributed by atoms with van der Waals surface area (Å²) in [6.07, 6.45) is 2.40. The molecule has 1 N–H and O–H groups in total. The molecule has 0 atom stereocenters. The Kier molecular flexibility index (Phi) is 7.77. The number of benzene rings is 1. The van der Waals surface area contributed by atoms with Gasteiger partial charge in [0.15, 0.2) is 0 Å². The summed E-state index contributed by atoms with van der Waals surface area (Å²) in [5, 5.41) is 4.84. The number of nitrogens with one attached hydrogen (secondary N) is 1. The number of unbranched alkanes of at least 4 members (excludes halogenated alkanes) is 1. The van der Waals surface area contributed by atoms with E-state index in [0.29, 0.717) is 11.1 Å². The van der Waals surface area contributed by atoms with E-state index in [4.69, 9.17) is 23.2 Å². The molecule has 0 aromatic heterocycles. The Morgan fingerprint density at radius 1 is 1.21 bits per heavy atom. The van der Waals surface area contributed by atoms with Gasteiger partial charge in [0.25, 0.3) is 0 Å². The average Bonchev–Trinajstić information content (AvgIpc) is 2.35. The molecule has 0 fully saturated rings. The lowest BCUT2D eigenvalue weighted by atomic mass is 10.2. The average molecular weight is 303 g/mol. The van der Waals surface area contributed by atoms with Crippen molar-refractivity contribution in [1.82, 2.24) is 10.2 Å². The van der Waals surface area contributed by atoms with Crippen molar-refractivity contribution >= 4 is 23.2 Å². The third-order valence-electron chi connectivity index (χ3n) is 3.33. The van der Waals surface area contributed by atoms with Crippen LogP contribution in [0.5, 0.6) is 0 Å². The summed E-state index contributed by atoms with van der Waals surface area (Å²) in [6, 6.07) is 6.27. The van der Waals surface area contributed by atoms with Crippen molar-refractivity contribution < 1.29 is 0 Å². The number of nitrogens with zero attached hydrogens (tertiary/aromatic N) is 1. The van der Waals surface area contributed by atoms with Crippen LogP contribution in [-0.2, 0) is 6.54 Å². The summed E-state index contributed by atoms with van der Waals surface area (Å²) >= 11 is 12.0. The van der Waals surface area contributed by atoms with Crippen molar-refractivity contribution in [2.24, 2.45) is 0 Å². The summed E-state index contributed by atoms with van der Waals surface area (Å²) in [5.41, 5.74) is 1.10. The van der Waals surface area contributed by atoms with Gasteiger partial charge >= 0.3 is 0 Å². The van der Waals surface area contributed by atoms with Gasteiger partial charge < -0.3 is 10.2 Å². The van der Waals surface area contributed by atoms with Crippen LogP contribution in [0.3, 0.4) is 0 Å². The van der Waals surface area contributed by atoms with Gasteiger partial charge in [0.2, 0.25) is 0 Å². The second kappa shape index (κ2) is 8.80. The van der Waals surface area contributed by atoms with Crippen LogP contribution in [0.15, 0.2) is 18.2 Å². The van der Waals surface area contributed by atoms with Crippen LogP contribution in [-0.4, -0.2) is 31.1 Å². The Bertz CT molecular complexity index is 380. The monoisotopic (exact) mass is 302 g/mol. The minimum absolute atomic E-state index is 0.626. The fourth-order valence-corrected chi connectivity index (χ4v) is 2.23. The van der Waals surface area contributed by atoms with Gasteiger partial charge in [0.1, 0.15) is 0 Å². The maximum Gasteiger partial charge on any atom is 0.0465 e. The van der Waals surface area contributed by atoms with Crippen LogP contribution in [0.2, 0.25) is 10.0 Å². The van der Waals surface area contributed by atoms with Gasteiger partial charge in [-0.15, -0.1) is 0 Å². The number of rotatable bonds is 8. The molecule has 0 amide bonds. The molecule has 0 aliphatic heterocycles. The Morgan fingerprint density at radius 3 is 2.58 bits per heavy atom. The molecule has 2 nitrogen and oxygen atoms in total. The first-order valence-corrected chi connectivity index (χ1v) is 7.61. The fourth-order valence-electron chi connectivity index (χ4n) is 1.76. The van der Waals surface area contributed by atoms with E-state index in [1.54, 1.807) is 6.07 Å². The summed E-state index contributed by atoms with van der Waals surface area (Å²) in [5.74, 6) is 0. The molecule has 0 bridgehead atoms. The Balaban J connectivity index is 2.14. The quantitative estimate of drug-likeness (QED) is 0.724. The van der Waals surface area contributed by atoms with E-state index in [1.165, 1.54) is 12.8 Å². The zero-order valence-corrected chi connectivity index (χ0v) is 13.6. The van der Waals surface area contributed by atoms with Gasteiger partial charge in [-0.3, -0.25) is 0 Å². The molecule has 0 unspecified atom stereocenters. The van der Waals surface area contributed by atoms with Crippen LogP contribution < -0.4 is 5.32 Å². The SMILES string of the molecule is CC(C)N(C)CCCCNCc1ccc(Cl)cc1Cl. The largest absolute Gasteiger partial charge is 0.313 e. The molecule has 0 aliphatic carbocycles. The minimum Gasteiger partial charge on any atom is -0.313 e. The van der Waals surface area contributed by atoms with E-state index >= 15 is 0 Å². The molecule has 0 spiro atoms. The van der Waals surface area contributed by atoms with Gasteiger partial charge in [-0.1, -0.05) is 29.3 Å². The normalized spacial score (nSPS) is 11.5. The zero-order valence-electron chi connectivity index (χ0n) is 12.0. The van der Waals surface area contributed by atoms with Gasteiger partial charge in [-0.2, -0.15) is 0 Å². The lowest BCUT2D eigenvalue weighted by Crippen LogP contribution is -2.27. The van der Waals surface area contributed by atoms with Gasteiger partial charge in [0.05, 0.1) is 0 Å². The van der Waals surface area contributed by atoms with Crippen LogP contribution in [0, 0.1) is 0 Å². The maximum atomic E-state index is 6.11. The highest BCUT2D eigenvalue weighted by molar-refractivity contribution is 6.35. The second-order valence-corrected chi connectivity index (χ2v) is 6.04. The van der Waals surface area contributed by atoms with Crippen molar-refractivity contribution in [2.45, 2.75) is 39.3 Å². The Labute approximate surface area is 127 Å². The van der Waals surface area contributed by atoms with Gasteiger partial charge in [-0.05, 0) is 64.5 Å². The minimum atomic E-state index is 0.626. The zero-order chi connectivity index (χ0) is 14.3. The summed E-state index contributed by atoms with van der Waals surface area (Å²) < 4.78 is 0. The number of hydrogen-bond donors (Lipinski definition) is 1. The highest BCUT2D eigenvalue weighted by atomic mass is 35.5. The maximum absolute atomic E-state index is 6.11. The van der Waals surface area contributed by atoms with Crippen LogP contribution in [0.4, 0.5) is 0 Å². The molecule has 1 aromatic carbocycles. The predicted molar refractivity (Wildman–Crippen MR) is 85.2 cm³/mol. The number of halogens is 2. The fraction of sp³-hybridized carbons (Fsp3) is 0.600. The van der Waals surface area contributed by atoms with Crippen LogP contribution in [0.1, 0.15) is 32.3 Å². The number of hydrogen-bond acceptors (Lipinski definition) is 2. The summed E-state index contributed by atoms with van der Waals surface area (Å²) in [4.78, 5) is 2.37. The summed E-state index contributed by atoms with van der Waals surface area (Å²) in [6.45, 7) is 7.42. The Morgan fingerprint density at radius 2 is 1.95 bits per heavy atom. The van der Waals surface area contributed by atoms with E-state index in [1.807, 2.05) is 12.1 Å². The molecule has 0 aliphatic rings. The Hall–Kier alpha value is -0.280. The predicted octanol–water partition coefficient (Wildman–Crippen LogP) is 4.20. The molecule has 1 aromatic rings. The molecular formula is C15H24Cl2N2. The first kappa shape index (κ1) is 16.8.